The van der Waals surface area contributed by atoms with Crippen molar-refractivity contribution in [2.24, 2.45) is 0 Å². The number of carbonyl (C=O) groups excluding carboxylic acids is 1. The van der Waals surface area contributed by atoms with Crippen LogP contribution >= 0.6 is 0 Å². The quantitative estimate of drug-likeness (QED) is 0.660. The van der Waals surface area contributed by atoms with Gasteiger partial charge in [0.1, 0.15) is 11.4 Å². The summed E-state index contributed by atoms with van der Waals surface area (Å²) in [5.41, 5.74) is 0.615. The molecule has 3 aromatic rings. The summed E-state index contributed by atoms with van der Waals surface area (Å²) in [7, 11) is 1.28. The lowest BCUT2D eigenvalue weighted by molar-refractivity contribution is -0.140. The topological polar surface area (TPSA) is 90.1 Å². The zero-order chi connectivity index (χ0) is 20.3. The third kappa shape index (κ3) is 3.98. The average Bonchev–Trinajstić information content (AvgIpc) is 2.67. The van der Waals surface area contributed by atoms with Crippen molar-refractivity contribution in [3.8, 4) is 11.6 Å². The van der Waals surface area contributed by atoms with Crippen molar-refractivity contribution in [3.63, 3.8) is 0 Å². The Hall–Kier alpha value is -3.35. The molecule has 0 aliphatic carbocycles. The molecule has 1 aromatic carbocycles. The van der Waals surface area contributed by atoms with Crippen LogP contribution in [0.25, 0.3) is 5.65 Å². The minimum absolute atomic E-state index is 0.0232. The van der Waals surface area contributed by atoms with Crippen LogP contribution in [0.1, 0.15) is 37.3 Å². The molecule has 0 fully saturated rings. The first-order valence-electron chi connectivity index (χ1n) is 8.94. The van der Waals surface area contributed by atoms with Gasteiger partial charge in [-0.2, -0.15) is 4.98 Å². The van der Waals surface area contributed by atoms with Gasteiger partial charge in [0.15, 0.2) is 0 Å². The fourth-order valence-electron chi connectivity index (χ4n) is 3.08. The molecule has 0 radical (unpaired) electrons. The number of aromatic nitrogens is 2. The third-order valence-corrected chi connectivity index (χ3v) is 4.35. The first-order chi connectivity index (χ1) is 13.4. The molecule has 28 heavy (non-hydrogen) atoms. The number of hydrogen-bond acceptors (Lipinski definition) is 6. The van der Waals surface area contributed by atoms with Gasteiger partial charge in [-0.05, 0) is 43.7 Å². The van der Waals surface area contributed by atoms with E-state index in [2.05, 4.69) is 4.98 Å². The van der Waals surface area contributed by atoms with E-state index in [4.69, 9.17) is 9.47 Å². The predicted molar refractivity (Wildman–Crippen MR) is 104 cm³/mol. The summed E-state index contributed by atoms with van der Waals surface area (Å²) in [6.45, 7) is 3.85. The fraction of sp³-hybridized carbons (Fsp3) is 0.286. The summed E-state index contributed by atoms with van der Waals surface area (Å²) < 4.78 is 11.8. The van der Waals surface area contributed by atoms with Gasteiger partial charge in [0.2, 0.25) is 5.88 Å². The molecule has 1 N–H and O–H groups in total. The minimum Gasteiger partial charge on any atom is -0.493 e. The second-order valence-electron chi connectivity index (χ2n) is 6.65. The van der Waals surface area contributed by atoms with Gasteiger partial charge in [-0.1, -0.05) is 18.2 Å². The molecule has 0 unspecified atom stereocenters. The molecule has 3 rings (SSSR count). The molecule has 2 heterocycles. The SMILES string of the molecule is COC(=O)C[C@@H](c1ccc(OC(C)C)cc1)c1c(O)nc2ccccn2c1=O. The molecular weight excluding hydrogens is 360 g/mol. The van der Waals surface area contributed by atoms with E-state index in [-0.39, 0.29) is 18.1 Å². The third-order valence-electron chi connectivity index (χ3n) is 4.35. The maximum Gasteiger partial charge on any atom is 0.306 e. The Morgan fingerprint density at radius 3 is 2.54 bits per heavy atom. The summed E-state index contributed by atoms with van der Waals surface area (Å²) in [6.07, 6.45) is 1.49. The van der Waals surface area contributed by atoms with Gasteiger partial charge < -0.3 is 14.6 Å². The number of esters is 1. The highest BCUT2D eigenvalue weighted by molar-refractivity contribution is 5.71. The van der Waals surface area contributed by atoms with Crippen molar-refractivity contribution < 1.29 is 19.4 Å². The largest absolute Gasteiger partial charge is 0.493 e. The molecular formula is C21H22N2O5. The van der Waals surface area contributed by atoms with E-state index in [1.54, 1.807) is 48.7 Å². The van der Waals surface area contributed by atoms with Crippen LogP contribution in [0.2, 0.25) is 0 Å². The molecule has 7 heteroatoms. The van der Waals surface area contributed by atoms with Crippen LogP contribution in [0.5, 0.6) is 11.6 Å². The highest BCUT2D eigenvalue weighted by atomic mass is 16.5. The zero-order valence-corrected chi connectivity index (χ0v) is 16.0. The molecule has 1 atom stereocenters. The monoisotopic (exact) mass is 382 g/mol. The first kappa shape index (κ1) is 19.4. The van der Waals surface area contributed by atoms with Gasteiger partial charge in [-0.25, -0.2) is 0 Å². The lowest BCUT2D eigenvalue weighted by Gasteiger charge is -2.18. The van der Waals surface area contributed by atoms with Crippen molar-refractivity contribution >= 4 is 11.6 Å². The lowest BCUT2D eigenvalue weighted by Crippen LogP contribution is -2.24. The molecule has 0 spiro atoms. The molecule has 0 aliphatic heterocycles. The van der Waals surface area contributed by atoms with E-state index in [9.17, 15) is 14.7 Å². The molecule has 0 saturated heterocycles. The highest BCUT2D eigenvalue weighted by Crippen LogP contribution is 2.32. The molecule has 146 valence electrons. The number of methoxy groups -OCH3 is 1. The maximum absolute atomic E-state index is 13.0. The second kappa shape index (κ2) is 8.12. The van der Waals surface area contributed by atoms with Crippen LogP contribution in [0.15, 0.2) is 53.5 Å². The number of nitrogens with zero attached hydrogens (tertiary/aromatic N) is 2. The van der Waals surface area contributed by atoms with E-state index in [1.165, 1.54) is 11.5 Å². The Balaban J connectivity index is 2.12. The molecule has 0 aliphatic rings. The normalized spacial score (nSPS) is 12.1. The van der Waals surface area contributed by atoms with E-state index in [0.29, 0.717) is 17.0 Å². The van der Waals surface area contributed by atoms with Crippen molar-refractivity contribution in [2.75, 3.05) is 7.11 Å². The summed E-state index contributed by atoms with van der Waals surface area (Å²) in [5.74, 6) is -0.928. The summed E-state index contributed by atoms with van der Waals surface area (Å²) in [4.78, 5) is 29.2. The summed E-state index contributed by atoms with van der Waals surface area (Å²) in [5, 5.41) is 10.5. The number of pyridine rings is 1. The highest BCUT2D eigenvalue weighted by Gasteiger charge is 2.27. The first-order valence-corrected chi connectivity index (χ1v) is 8.94. The Kier molecular flexibility index (Phi) is 5.63. The Morgan fingerprint density at radius 2 is 1.89 bits per heavy atom. The van der Waals surface area contributed by atoms with Crippen molar-refractivity contribution in [1.29, 1.82) is 0 Å². The molecule has 0 amide bonds. The van der Waals surface area contributed by atoms with Gasteiger partial charge >= 0.3 is 5.97 Å². The van der Waals surface area contributed by atoms with Gasteiger partial charge in [0.05, 0.1) is 25.2 Å². The van der Waals surface area contributed by atoms with E-state index in [1.807, 2.05) is 13.8 Å². The summed E-state index contributed by atoms with van der Waals surface area (Å²) in [6, 6.07) is 12.1. The Bertz CT molecular complexity index is 1040. The van der Waals surface area contributed by atoms with Crippen LogP contribution in [-0.4, -0.2) is 33.7 Å². The van der Waals surface area contributed by atoms with Gasteiger partial charge in [0.25, 0.3) is 5.56 Å². The van der Waals surface area contributed by atoms with E-state index >= 15 is 0 Å². The predicted octanol–water partition coefficient (Wildman–Crippen LogP) is 2.88. The van der Waals surface area contributed by atoms with Gasteiger partial charge in [0, 0.05) is 12.1 Å². The molecule has 7 nitrogen and oxygen atoms in total. The van der Waals surface area contributed by atoms with E-state index < -0.39 is 23.3 Å². The summed E-state index contributed by atoms with van der Waals surface area (Å²) >= 11 is 0. The van der Waals surface area contributed by atoms with Crippen molar-refractivity contribution in [3.05, 3.63) is 70.1 Å². The second-order valence-corrected chi connectivity index (χ2v) is 6.65. The fourth-order valence-corrected chi connectivity index (χ4v) is 3.08. The Morgan fingerprint density at radius 1 is 1.18 bits per heavy atom. The zero-order valence-electron chi connectivity index (χ0n) is 16.0. The number of aromatic hydroxyl groups is 1. The number of ether oxygens (including phenoxy) is 2. The Labute approximate surface area is 162 Å². The molecule has 0 saturated carbocycles. The number of carbonyl (C=O) groups is 1. The van der Waals surface area contributed by atoms with Crippen molar-refractivity contribution in [1.82, 2.24) is 9.38 Å². The number of hydrogen-bond donors (Lipinski definition) is 1. The van der Waals surface area contributed by atoms with Crippen molar-refractivity contribution in [2.45, 2.75) is 32.3 Å². The van der Waals surface area contributed by atoms with Crippen LogP contribution < -0.4 is 10.3 Å². The lowest BCUT2D eigenvalue weighted by atomic mass is 9.89. The van der Waals surface area contributed by atoms with E-state index in [0.717, 1.165) is 0 Å². The van der Waals surface area contributed by atoms with Crippen LogP contribution in [0, 0.1) is 0 Å². The minimum atomic E-state index is -0.711. The van der Waals surface area contributed by atoms with Crippen LogP contribution in [0.3, 0.4) is 0 Å². The number of fused-ring (bicyclic) bond motifs is 1. The van der Waals surface area contributed by atoms with Gasteiger partial charge in [-0.3, -0.25) is 14.0 Å². The molecule has 0 bridgehead atoms. The molecule has 2 aromatic heterocycles. The van der Waals surface area contributed by atoms with Gasteiger partial charge in [-0.15, -0.1) is 0 Å². The number of rotatable bonds is 6. The maximum atomic E-state index is 13.0. The average molecular weight is 382 g/mol. The number of benzene rings is 1. The van der Waals surface area contributed by atoms with Crippen LogP contribution in [-0.2, 0) is 9.53 Å². The van der Waals surface area contributed by atoms with Crippen LogP contribution in [0.4, 0.5) is 0 Å². The standard InChI is InChI=1S/C21H22N2O5/c1-13(2)28-15-9-7-14(8-10-15)16(12-18(24)27-3)19-20(25)22-17-6-4-5-11-23(17)21(19)26/h4-11,13,16,25H,12H2,1-3H3/t16-/m0/s1. The smallest absolute Gasteiger partial charge is 0.306 e.